The van der Waals surface area contributed by atoms with Crippen LogP contribution in [0.3, 0.4) is 0 Å². The van der Waals surface area contributed by atoms with E-state index in [0.717, 1.165) is 40.8 Å². The number of rotatable bonds is 4. The number of fused-ring (bicyclic) bond motifs is 1. The first-order valence-corrected chi connectivity index (χ1v) is 9.90. The number of anilines is 1. The first-order valence-electron chi connectivity index (χ1n) is 9.08. The van der Waals surface area contributed by atoms with Gasteiger partial charge in [-0.25, -0.2) is 9.37 Å². The minimum absolute atomic E-state index is 0.00334. The van der Waals surface area contributed by atoms with E-state index in [2.05, 4.69) is 13.0 Å². The Balaban J connectivity index is 1.75. The van der Waals surface area contributed by atoms with E-state index in [0.29, 0.717) is 17.2 Å². The second-order valence-electron chi connectivity index (χ2n) is 6.93. The molecule has 1 aliphatic heterocycles. The maximum atomic E-state index is 13.3. The molecule has 0 saturated carbocycles. The van der Waals surface area contributed by atoms with Gasteiger partial charge in [0.05, 0.1) is 22.9 Å². The highest BCUT2D eigenvalue weighted by atomic mass is 32.1. The average molecular weight is 384 g/mol. The highest BCUT2D eigenvalue weighted by Gasteiger charge is 2.27. The van der Waals surface area contributed by atoms with Crippen molar-refractivity contribution < 1.29 is 13.9 Å². The van der Waals surface area contributed by atoms with Gasteiger partial charge in [-0.2, -0.15) is 0 Å². The summed E-state index contributed by atoms with van der Waals surface area (Å²) in [6, 6.07) is 9.78. The summed E-state index contributed by atoms with van der Waals surface area (Å²) in [5, 5.41) is 0.659. The lowest BCUT2D eigenvalue weighted by Crippen LogP contribution is -2.37. The van der Waals surface area contributed by atoms with Gasteiger partial charge in [0.1, 0.15) is 5.82 Å². The second kappa shape index (κ2) is 7.37. The Labute approximate surface area is 161 Å². The van der Waals surface area contributed by atoms with Gasteiger partial charge in [-0.3, -0.25) is 9.69 Å². The molecule has 1 fully saturated rings. The molecule has 1 unspecified atom stereocenters. The van der Waals surface area contributed by atoms with Crippen molar-refractivity contribution in [3.8, 4) is 0 Å². The molecule has 4 nitrogen and oxygen atoms in total. The number of hydrogen-bond donors (Lipinski definition) is 0. The largest absolute Gasteiger partial charge is 0.376 e. The molecule has 0 N–H and O–H groups in total. The Hall–Kier alpha value is -2.31. The van der Waals surface area contributed by atoms with E-state index in [9.17, 15) is 9.18 Å². The molecule has 0 bridgehead atoms. The molecule has 4 rings (SSSR count). The Morgan fingerprint density at radius 1 is 1.22 bits per heavy atom. The standard InChI is InChI=1S/C21H21FN2O2S/c1-13-5-6-14(2)19-18(13)23-21(27-19)24(12-17-4-3-11-26-17)20(25)15-7-9-16(22)10-8-15/h5-10,17H,3-4,11-12H2,1-2H3. The number of amides is 1. The lowest BCUT2D eigenvalue weighted by molar-refractivity contribution is 0.0917. The number of hydrogen-bond acceptors (Lipinski definition) is 4. The van der Waals surface area contributed by atoms with Gasteiger partial charge in [0.25, 0.3) is 5.91 Å². The van der Waals surface area contributed by atoms with Gasteiger partial charge in [-0.05, 0) is 62.1 Å². The molecule has 2 heterocycles. The topological polar surface area (TPSA) is 42.4 Å². The van der Waals surface area contributed by atoms with Crippen molar-refractivity contribution in [3.63, 3.8) is 0 Å². The Morgan fingerprint density at radius 2 is 1.96 bits per heavy atom. The fourth-order valence-electron chi connectivity index (χ4n) is 3.35. The fourth-order valence-corrected chi connectivity index (χ4v) is 4.47. The van der Waals surface area contributed by atoms with Crippen LogP contribution in [0.1, 0.15) is 34.3 Å². The van der Waals surface area contributed by atoms with Crippen LogP contribution in [0, 0.1) is 19.7 Å². The van der Waals surface area contributed by atoms with Gasteiger partial charge < -0.3 is 4.74 Å². The number of carbonyl (C=O) groups is 1. The predicted molar refractivity (Wildman–Crippen MR) is 106 cm³/mol. The van der Waals surface area contributed by atoms with Crippen molar-refractivity contribution in [2.75, 3.05) is 18.1 Å². The summed E-state index contributed by atoms with van der Waals surface area (Å²) in [7, 11) is 0. The molecular weight excluding hydrogens is 363 g/mol. The normalized spacial score (nSPS) is 16.8. The number of ether oxygens (including phenoxy) is 1. The van der Waals surface area contributed by atoms with Gasteiger partial charge in [-0.15, -0.1) is 0 Å². The van der Waals surface area contributed by atoms with Crippen molar-refractivity contribution >= 4 is 32.6 Å². The van der Waals surface area contributed by atoms with Crippen molar-refractivity contribution in [1.82, 2.24) is 4.98 Å². The number of nitrogens with zero attached hydrogens (tertiary/aromatic N) is 2. The van der Waals surface area contributed by atoms with Crippen LogP contribution in [0.2, 0.25) is 0 Å². The van der Waals surface area contributed by atoms with Crippen LogP contribution in [-0.4, -0.2) is 30.1 Å². The summed E-state index contributed by atoms with van der Waals surface area (Å²) in [4.78, 5) is 19.7. The third-order valence-corrected chi connectivity index (χ3v) is 6.12. The number of carbonyl (C=O) groups excluding carboxylic acids is 1. The van der Waals surface area contributed by atoms with Crippen molar-refractivity contribution in [2.45, 2.75) is 32.8 Å². The minimum Gasteiger partial charge on any atom is -0.376 e. The van der Waals surface area contributed by atoms with Crippen LogP contribution < -0.4 is 4.90 Å². The van der Waals surface area contributed by atoms with Crippen molar-refractivity contribution in [3.05, 3.63) is 58.9 Å². The molecule has 3 aromatic rings. The molecule has 27 heavy (non-hydrogen) atoms. The first-order chi connectivity index (χ1) is 13.0. The van der Waals surface area contributed by atoms with Crippen LogP contribution in [0.25, 0.3) is 10.2 Å². The number of aryl methyl sites for hydroxylation is 2. The van der Waals surface area contributed by atoms with Gasteiger partial charge in [-0.1, -0.05) is 23.5 Å². The molecule has 6 heteroatoms. The summed E-state index contributed by atoms with van der Waals surface area (Å²) in [6.07, 6.45) is 1.93. The third kappa shape index (κ3) is 3.59. The van der Waals surface area contributed by atoms with Crippen molar-refractivity contribution in [1.29, 1.82) is 0 Å². The molecule has 1 aromatic heterocycles. The Bertz CT molecular complexity index is 939. The lowest BCUT2D eigenvalue weighted by atomic mass is 10.1. The van der Waals surface area contributed by atoms with Gasteiger partial charge >= 0.3 is 0 Å². The fraction of sp³-hybridized carbons (Fsp3) is 0.333. The van der Waals surface area contributed by atoms with Gasteiger partial charge in [0.15, 0.2) is 5.13 Å². The minimum atomic E-state index is -0.358. The van der Waals surface area contributed by atoms with Crippen molar-refractivity contribution in [2.24, 2.45) is 0 Å². The Morgan fingerprint density at radius 3 is 2.63 bits per heavy atom. The quantitative estimate of drug-likeness (QED) is 0.644. The summed E-state index contributed by atoms with van der Waals surface area (Å²) in [5.74, 6) is -0.539. The zero-order valence-electron chi connectivity index (χ0n) is 15.4. The maximum Gasteiger partial charge on any atom is 0.260 e. The molecule has 1 aliphatic rings. The van der Waals surface area contributed by atoms with E-state index < -0.39 is 0 Å². The van der Waals surface area contributed by atoms with Crippen LogP contribution in [0.4, 0.5) is 9.52 Å². The van der Waals surface area contributed by atoms with E-state index in [1.165, 1.54) is 35.6 Å². The summed E-state index contributed by atoms with van der Waals surface area (Å²) >= 11 is 1.52. The van der Waals surface area contributed by atoms with Crippen LogP contribution in [-0.2, 0) is 4.74 Å². The van der Waals surface area contributed by atoms with Gasteiger partial charge in [0.2, 0.25) is 0 Å². The number of thiazole rings is 1. The maximum absolute atomic E-state index is 13.3. The van der Waals surface area contributed by atoms with Crippen LogP contribution in [0.5, 0.6) is 0 Å². The molecular formula is C21H21FN2O2S. The zero-order chi connectivity index (χ0) is 19.0. The molecule has 0 spiro atoms. The summed E-state index contributed by atoms with van der Waals surface area (Å²) in [6.45, 7) is 5.25. The van der Waals surface area contributed by atoms with Crippen LogP contribution in [0.15, 0.2) is 36.4 Å². The molecule has 2 aromatic carbocycles. The zero-order valence-corrected chi connectivity index (χ0v) is 16.2. The van der Waals surface area contributed by atoms with E-state index in [-0.39, 0.29) is 17.8 Å². The first kappa shape index (κ1) is 18.1. The lowest BCUT2D eigenvalue weighted by Gasteiger charge is -2.23. The summed E-state index contributed by atoms with van der Waals surface area (Å²) in [5.41, 5.74) is 3.61. The second-order valence-corrected chi connectivity index (χ2v) is 7.91. The molecule has 140 valence electrons. The predicted octanol–water partition coefficient (Wildman–Crippen LogP) is 4.88. The number of benzene rings is 2. The third-order valence-electron chi connectivity index (χ3n) is 4.91. The monoisotopic (exact) mass is 384 g/mol. The summed E-state index contributed by atoms with van der Waals surface area (Å²) < 4.78 is 20.1. The Kier molecular flexibility index (Phi) is 4.93. The molecule has 1 amide bonds. The van der Waals surface area contributed by atoms with E-state index >= 15 is 0 Å². The van der Waals surface area contributed by atoms with E-state index in [4.69, 9.17) is 9.72 Å². The molecule has 0 aliphatic carbocycles. The van der Waals surface area contributed by atoms with E-state index in [1.54, 1.807) is 4.90 Å². The molecule has 1 atom stereocenters. The molecule has 0 radical (unpaired) electrons. The molecule has 1 saturated heterocycles. The van der Waals surface area contributed by atoms with E-state index in [1.807, 2.05) is 13.0 Å². The number of aromatic nitrogens is 1. The van der Waals surface area contributed by atoms with Crippen LogP contribution >= 0.6 is 11.3 Å². The number of halogens is 1. The smallest absolute Gasteiger partial charge is 0.260 e. The highest BCUT2D eigenvalue weighted by Crippen LogP contribution is 2.34. The SMILES string of the molecule is Cc1ccc(C)c2sc(N(CC3CCCO3)C(=O)c3ccc(F)cc3)nc12. The van der Waals surface area contributed by atoms with Gasteiger partial charge in [0, 0.05) is 12.2 Å². The average Bonchev–Trinajstić information content (AvgIpc) is 3.33. The highest BCUT2D eigenvalue weighted by molar-refractivity contribution is 7.22.